The molecule has 0 spiro atoms. The molecule has 0 atom stereocenters. The molecule has 1 aromatic heterocycles. The second-order valence-electron chi connectivity index (χ2n) is 5.15. The van der Waals surface area contributed by atoms with Crippen LogP contribution in [-0.4, -0.2) is 23.7 Å². The number of hydrazone groups is 1. The van der Waals surface area contributed by atoms with Crippen LogP contribution < -0.4 is 16.3 Å². The average Bonchev–Trinajstić information content (AvgIpc) is 2.61. The molecule has 24 heavy (non-hydrogen) atoms. The van der Waals surface area contributed by atoms with Gasteiger partial charge < -0.3 is 10.3 Å². The van der Waals surface area contributed by atoms with E-state index < -0.39 is 0 Å². The van der Waals surface area contributed by atoms with Crippen LogP contribution in [0.2, 0.25) is 0 Å². The van der Waals surface area contributed by atoms with Gasteiger partial charge in [-0.05, 0) is 29.7 Å². The molecule has 0 saturated carbocycles. The molecule has 120 valence electrons. The topological polar surface area (TPSA) is 86.3 Å². The number of nitrogens with zero attached hydrogens (tertiary/aromatic N) is 1. The number of hydrogen-bond donors (Lipinski definition) is 3. The third kappa shape index (κ3) is 3.86. The van der Waals surface area contributed by atoms with Crippen molar-refractivity contribution in [2.24, 2.45) is 5.10 Å². The summed E-state index contributed by atoms with van der Waals surface area (Å²) in [6.07, 6.45) is 1.34. The lowest BCUT2D eigenvalue weighted by Gasteiger charge is -2.04. The highest BCUT2D eigenvalue weighted by atomic mass is 16.2. The number of carbonyl (C=O) groups excluding carboxylic acids is 1. The first-order chi connectivity index (χ1) is 11.7. The van der Waals surface area contributed by atoms with Gasteiger partial charge in [-0.25, -0.2) is 5.43 Å². The molecule has 0 aliphatic heterocycles. The van der Waals surface area contributed by atoms with Crippen molar-refractivity contribution >= 4 is 28.7 Å². The smallest absolute Gasteiger partial charge is 0.259 e. The first-order valence-electron chi connectivity index (χ1n) is 7.45. The highest BCUT2D eigenvalue weighted by Gasteiger charge is 2.01. The summed E-state index contributed by atoms with van der Waals surface area (Å²) in [5.74, 6) is -0.299. The highest BCUT2D eigenvalue weighted by Crippen LogP contribution is 2.09. The van der Waals surface area contributed by atoms with E-state index in [1.165, 1.54) is 6.21 Å². The predicted molar refractivity (Wildman–Crippen MR) is 95.2 cm³/mol. The molecular weight excluding hydrogens is 304 g/mol. The molecular formula is C18H16N4O2. The molecule has 1 amide bonds. The van der Waals surface area contributed by atoms with Crippen molar-refractivity contribution in [1.29, 1.82) is 0 Å². The first kappa shape index (κ1) is 15.5. The number of nitrogens with one attached hydrogen (secondary N) is 3. The fourth-order valence-corrected chi connectivity index (χ4v) is 2.21. The lowest BCUT2D eigenvalue weighted by atomic mass is 10.2. The van der Waals surface area contributed by atoms with Crippen LogP contribution >= 0.6 is 0 Å². The maximum Gasteiger partial charge on any atom is 0.259 e. The van der Waals surface area contributed by atoms with Gasteiger partial charge in [-0.3, -0.25) is 9.59 Å². The number of rotatable bonds is 5. The Labute approximate surface area is 138 Å². The quantitative estimate of drug-likeness (QED) is 0.497. The zero-order valence-electron chi connectivity index (χ0n) is 12.8. The average molecular weight is 320 g/mol. The summed E-state index contributed by atoms with van der Waals surface area (Å²) in [7, 11) is 0. The second-order valence-corrected chi connectivity index (χ2v) is 5.15. The Morgan fingerprint density at radius 1 is 1.08 bits per heavy atom. The zero-order valence-corrected chi connectivity index (χ0v) is 12.8. The van der Waals surface area contributed by atoms with Crippen LogP contribution in [0.3, 0.4) is 0 Å². The second kappa shape index (κ2) is 7.23. The molecule has 0 aliphatic rings. The molecule has 2 aromatic carbocycles. The number of amides is 1. The molecule has 1 heterocycles. The van der Waals surface area contributed by atoms with Crippen molar-refractivity contribution in [2.75, 3.05) is 11.9 Å². The van der Waals surface area contributed by atoms with Crippen molar-refractivity contribution < 1.29 is 4.79 Å². The van der Waals surface area contributed by atoms with Crippen LogP contribution in [0.15, 0.2) is 70.6 Å². The Kier molecular flexibility index (Phi) is 4.67. The Balaban J connectivity index is 1.60. The minimum atomic E-state index is -0.299. The summed E-state index contributed by atoms with van der Waals surface area (Å²) in [6.45, 7) is 0.0927. The van der Waals surface area contributed by atoms with Crippen molar-refractivity contribution in [2.45, 2.75) is 0 Å². The number of aromatic nitrogens is 1. The predicted octanol–water partition coefficient (Wildman–Crippen LogP) is 2.09. The van der Waals surface area contributed by atoms with Crippen LogP contribution in [0, 0.1) is 0 Å². The lowest BCUT2D eigenvalue weighted by Crippen LogP contribution is -2.26. The number of aromatic amines is 1. The lowest BCUT2D eigenvalue weighted by molar-refractivity contribution is -0.119. The molecule has 0 bridgehead atoms. The van der Waals surface area contributed by atoms with Crippen LogP contribution in [0.4, 0.5) is 5.69 Å². The van der Waals surface area contributed by atoms with Gasteiger partial charge in [-0.15, -0.1) is 0 Å². The van der Waals surface area contributed by atoms with E-state index in [1.54, 1.807) is 6.07 Å². The van der Waals surface area contributed by atoms with Gasteiger partial charge in [0.05, 0.1) is 18.3 Å². The minimum Gasteiger partial charge on any atom is -0.376 e. The van der Waals surface area contributed by atoms with E-state index in [-0.39, 0.29) is 18.0 Å². The van der Waals surface area contributed by atoms with E-state index in [2.05, 4.69) is 20.8 Å². The van der Waals surface area contributed by atoms with Crippen molar-refractivity contribution in [3.8, 4) is 0 Å². The van der Waals surface area contributed by atoms with E-state index in [1.807, 2.05) is 54.6 Å². The molecule has 6 heteroatoms. The molecule has 3 aromatic rings. The van der Waals surface area contributed by atoms with Crippen molar-refractivity contribution in [3.05, 3.63) is 76.6 Å². The van der Waals surface area contributed by atoms with E-state index in [4.69, 9.17) is 0 Å². The Morgan fingerprint density at radius 2 is 1.83 bits per heavy atom. The summed E-state index contributed by atoms with van der Waals surface area (Å²) in [5.41, 5.74) is 4.13. The molecule has 0 aliphatic carbocycles. The summed E-state index contributed by atoms with van der Waals surface area (Å²) < 4.78 is 0. The Morgan fingerprint density at radius 3 is 2.67 bits per heavy atom. The van der Waals surface area contributed by atoms with Gasteiger partial charge >= 0.3 is 0 Å². The number of pyridine rings is 1. The highest BCUT2D eigenvalue weighted by molar-refractivity contribution is 5.88. The van der Waals surface area contributed by atoms with E-state index in [9.17, 15) is 9.59 Å². The molecule has 6 nitrogen and oxygen atoms in total. The summed E-state index contributed by atoms with van der Waals surface area (Å²) >= 11 is 0. The minimum absolute atomic E-state index is 0.0927. The number of anilines is 1. The molecule has 0 radical (unpaired) electrons. The number of hydrogen-bond acceptors (Lipinski definition) is 4. The van der Waals surface area contributed by atoms with Crippen LogP contribution in [0.1, 0.15) is 5.56 Å². The summed E-state index contributed by atoms with van der Waals surface area (Å²) in [5, 5.41) is 7.71. The first-order valence-corrected chi connectivity index (χ1v) is 7.45. The fourth-order valence-electron chi connectivity index (χ4n) is 2.21. The summed E-state index contributed by atoms with van der Waals surface area (Å²) in [6, 6.07) is 18.6. The Bertz CT molecular complexity index is 932. The van der Waals surface area contributed by atoms with Gasteiger partial charge in [0.1, 0.15) is 0 Å². The number of H-pyrrole nitrogens is 1. The molecule has 3 N–H and O–H groups in total. The maximum absolute atomic E-state index is 11.9. The van der Waals surface area contributed by atoms with Crippen molar-refractivity contribution in [3.63, 3.8) is 0 Å². The van der Waals surface area contributed by atoms with E-state index in [0.717, 1.165) is 16.6 Å². The number of benzene rings is 2. The maximum atomic E-state index is 11.9. The van der Waals surface area contributed by atoms with E-state index >= 15 is 0 Å². The number of fused-ring (bicyclic) bond motifs is 1. The van der Waals surface area contributed by atoms with Gasteiger partial charge in [0.25, 0.3) is 11.5 Å². The standard InChI is InChI=1S/C18H16N4O2/c23-17(12-19-15-7-2-1-3-8-15)22-20-11-14-10-13-6-4-5-9-16(13)21-18(14)24/h1-11,19H,12H2,(H,21,24)(H,22,23)/b20-11+. The monoisotopic (exact) mass is 320 g/mol. The normalized spacial score (nSPS) is 10.8. The van der Waals surface area contributed by atoms with Crippen LogP contribution in [0.25, 0.3) is 10.9 Å². The number of carbonyl (C=O) groups is 1. The largest absolute Gasteiger partial charge is 0.376 e. The number of para-hydroxylation sites is 2. The van der Waals surface area contributed by atoms with Gasteiger partial charge in [-0.1, -0.05) is 36.4 Å². The molecule has 0 unspecified atom stereocenters. The molecule has 0 saturated heterocycles. The Hall–Kier alpha value is -3.41. The van der Waals surface area contributed by atoms with Crippen LogP contribution in [0.5, 0.6) is 0 Å². The van der Waals surface area contributed by atoms with Gasteiger partial charge in [0.15, 0.2) is 0 Å². The molecule has 3 rings (SSSR count). The SMILES string of the molecule is O=C(CNc1ccccc1)N/N=C/c1cc2ccccc2[nH]c1=O. The van der Waals surface area contributed by atoms with Gasteiger partial charge in [-0.2, -0.15) is 5.10 Å². The van der Waals surface area contributed by atoms with Gasteiger partial charge in [0, 0.05) is 11.2 Å². The third-order valence-electron chi connectivity index (χ3n) is 3.40. The fraction of sp³-hybridized carbons (Fsp3) is 0.0556. The third-order valence-corrected chi connectivity index (χ3v) is 3.40. The zero-order chi connectivity index (χ0) is 16.8. The van der Waals surface area contributed by atoms with Crippen molar-refractivity contribution in [1.82, 2.24) is 10.4 Å². The van der Waals surface area contributed by atoms with E-state index in [0.29, 0.717) is 5.56 Å². The van der Waals surface area contributed by atoms with Gasteiger partial charge in [0.2, 0.25) is 0 Å². The molecule has 0 fully saturated rings. The van der Waals surface area contributed by atoms with Crippen LogP contribution in [-0.2, 0) is 4.79 Å². The summed E-state index contributed by atoms with van der Waals surface area (Å²) in [4.78, 5) is 26.4.